The maximum Gasteiger partial charge on any atom is 0.419 e. The van der Waals surface area contributed by atoms with Gasteiger partial charge in [0, 0.05) is 37.4 Å². The van der Waals surface area contributed by atoms with Crippen molar-refractivity contribution in [1.82, 2.24) is 19.9 Å². The minimum Gasteiger partial charge on any atom is -0.493 e. The number of rotatable bonds is 6. The topological polar surface area (TPSA) is 81.1 Å². The Labute approximate surface area is 212 Å². The van der Waals surface area contributed by atoms with Gasteiger partial charge in [0.1, 0.15) is 23.2 Å². The minimum absolute atomic E-state index is 0.0614. The molecule has 1 aliphatic heterocycles. The number of hydrogen-bond donors (Lipinski definition) is 1. The van der Waals surface area contributed by atoms with E-state index in [4.69, 9.17) is 4.74 Å². The fourth-order valence-corrected chi connectivity index (χ4v) is 4.57. The van der Waals surface area contributed by atoms with Crippen molar-refractivity contribution in [3.05, 3.63) is 71.7 Å². The number of aromatic amines is 1. The summed E-state index contributed by atoms with van der Waals surface area (Å²) < 4.78 is 46.1. The summed E-state index contributed by atoms with van der Waals surface area (Å²) in [5.74, 6) is 0.442. The quantitative estimate of drug-likeness (QED) is 0.386. The molecule has 0 unspecified atom stereocenters. The number of ether oxygens (including phenoxy) is 1. The Morgan fingerprint density at radius 3 is 2.46 bits per heavy atom. The number of alkyl halides is 3. The van der Waals surface area contributed by atoms with E-state index in [1.54, 1.807) is 13.0 Å². The first kappa shape index (κ1) is 24.6. The van der Waals surface area contributed by atoms with Crippen LogP contribution in [0.4, 0.5) is 18.9 Å². The molecular formula is C27H25F3N6O. The van der Waals surface area contributed by atoms with E-state index in [-0.39, 0.29) is 29.3 Å². The molecule has 1 N–H and O–H groups in total. The van der Waals surface area contributed by atoms with Crippen LogP contribution in [0.25, 0.3) is 22.3 Å². The molecule has 37 heavy (non-hydrogen) atoms. The van der Waals surface area contributed by atoms with Gasteiger partial charge in [-0.2, -0.15) is 18.4 Å². The smallest absolute Gasteiger partial charge is 0.419 e. The van der Waals surface area contributed by atoms with Gasteiger partial charge in [0.15, 0.2) is 5.69 Å². The van der Waals surface area contributed by atoms with Crippen molar-refractivity contribution in [2.75, 3.05) is 37.7 Å². The summed E-state index contributed by atoms with van der Waals surface area (Å²) in [6.45, 7) is 5.79. The number of hydrogen-bond acceptors (Lipinski definition) is 6. The van der Waals surface area contributed by atoms with Gasteiger partial charge in [0.2, 0.25) is 0 Å². The fourth-order valence-electron chi connectivity index (χ4n) is 4.57. The Bertz CT molecular complexity index is 1440. The molecule has 0 bridgehead atoms. The Morgan fingerprint density at radius 2 is 1.78 bits per heavy atom. The molecule has 4 aromatic rings. The van der Waals surface area contributed by atoms with E-state index >= 15 is 0 Å². The van der Waals surface area contributed by atoms with Crippen LogP contribution in [0, 0.1) is 11.3 Å². The predicted molar refractivity (Wildman–Crippen MR) is 134 cm³/mol. The number of halogens is 3. The molecule has 190 valence electrons. The maximum absolute atomic E-state index is 13.6. The third-order valence-electron chi connectivity index (χ3n) is 6.37. The number of para-hydroxylation sites is 1. The average Bonchev–Trinajstić information content (AvgIpc) is 3.31. The molecule has 0 amide bonds. The molecule has 2 aromatic heterocycles. The number of anilines is 1. The molecule has 0 atom stereocenters. The van der Waals surface area contributed by atoms with Crippen LogP contribution in [0.15, 0.2) is 54.6 Å². The lowest BCUT2D eigenvalue weighted by Crippen LogP contribution is -2.46. The van der Waals surface area contributed by atoms with Crippen LogP contribution >= 0.6 is 0 Å². The Balaban J connectivity index is 1.38. The van der Waals surface area contributed by atoms with Crippen molar-refractivity contribution in [2.24, 2.45) is 0 Å². The highest BCUT2D eigenvalue weighted by molar-refractivity contribution is 5.84. The number of nitrogens with zero attached hydrogens (tertiary/aromatic N) is 5. The lowest BCUT2D eigenvalue weighted by atomic mass is 10.1. The van der Waals surface area contributed by atoms with Crippen molar-refractivity contribution in [3.63, 3.8) is 0 Å². The van der Waals surface area contributed by atoms with Gasteiger partial charge < -0.3 is 14.6 Å². The summed E-state index contributed by atoms with van der Waals surface area (Å²) in [7, 11) is 0. The second-order valence-corrected chi connectivity index (χ2v) is 8.79. The molecule has 1 fully saturated rings. The van der Waals surface area contributed by atoms with Crippen molar-refractivity contribution in [2.45, 2.75) is 19.6 Å². The van der Waals surface area contributed by atoms with Gasteiger partial charge >= 0.3 is 6.18 Å². The van der Waals surface area contributed by atoms with Crippen LogP contribution in [0.1, 0.15) is 24.0 Å². The molecule has 0 spiro atoms. The SMILES string of the molecule is CCOc1ccc(-c2cc3[nH]c(CN4CCN(c5ccccc5)CC4)nc3c(C#N)n2)cc1C(F)(F)F. The molecule has 0 radical (unpaired) electrons. The summed E-state index contributed by atoms with van der Waals surface area (Å²) in [4.78, 5) is 16.8. The Morgan fingerprint density at radius 1 is 1.03 bits per heavy atom. The number of imidazole rings is 1. The Kier molecular flexibility index (Phi) is 6.72. The van der Waals surface area contributed by atoms with Crippen molar-refractivity contribution in [3.8, 4) is 23.1 Å². The largest absolute Gasteiger partial charge is 0.493 e. The number of nitrogens with one attached hydrogen (secondary N) is 1. The van der Waals surface area contributed by atoms with Gasteiger partial charge in [-0.25, -0.2) is 9.97 Å². The standard InChI is InChI=1S/C27H25F3N6O/c1-2-37-24-9-8-18(14-20(24)27(28,29)30)21-15-22-26(23(16-31)32-21)34-25(33-22)17-35-10-12-36(13-11-35)19-6-4-3-5-7-19/h3-9,14-15H,2,10-13,17H2,1H3,(H,33,34). The monoisotopic (exact) mass is 506 g/mol. The van der Waals surface area contributed by atoms with E-state index in [1.165, 1.54) is 17.8 Å². The summed E-state index contributed by atoms with van der Waals surface area (Å²) in [6, 6.07) is 17.7. The second-order valence-electron chi connectivity index (χ2n) is 8.79. The molecule has 1 saturated heterocycles. The number of benzene rings is 2. The lowest BCUT2D eigenvalue weighted by molar-refractivity contribution is -0.138. The lowest BCUT2D eigenvalue weighted by Gasteiger charge is -2.35. The van der Waals surface area contributed by atoms with E-state index in [0.717, 1.165) is 32.2 Å². The first-order valence-electron chi connectivity index (χ1n) is 12.0. The molecular weight excluding hydrogens is 481 g/mol. The van der Waals surface area contributed by atoms with E-state index < -0.39 is 11.7 Å². The molecule has 0 saturated carbocycles. The van der Waals surface area contributed by atoms with Crippen molar-refractivity contribution in [1.29, 1.82) is 5.26 Å². The number of nitriles is 1. The zero-order valence-corrected chi connectivity index (χ0v) is 20.2. The van der Waals surface area contributed by atoms with Gasteiger partial charge in [-0.1, -0.05) is 18.2 Å². The van der Waals surface area contributed by atoms with Crippen LogP contribution in [-0.2, 0) is 12.7 Å². The molecule has 2 aromatic carbocycles. The highest BCUT2D eigenvalue weighted by Crippen LogP contribution is 2.39. The zero-order valence-electron chi connectivity index (χ0n) is 20.2. The van der Waals surface area contributed by atoms with Crippen LogP contribution in [-0.4, -0.2) is 52.6 Å². The van der Waals surface area contributed by atoms with E-state index in [1.807, 2.05) is 24.3 Å². The Hall–Kier alpha value is -4.10. The van der Waals surface area contributed by atoms with Crippen LogP contribution in [0.3, 0.4) is 0 Å². The normalized spacial score (nSPS) is 14.6. The highest BCUT2D eigenvalue weighted by atomic mass is 19.4. The first-order valence-corrected chi connectivity index (χ1v) is 12.0. The maximum atomic E-state index is 13.6. The predicted octanol–water partition coefficient (Wildman–Crippen LogP) is 5.24. The van der Waals surface area contributed by atoms with Crippen LogP contribution in [0.5, 0.6) is 5.75 Å². The molecule has 0 aliphatic carbocycles. The summed E-state index contributed by atoms with van der Waals surface area (Å²) >= 11 is 0. The summed E-state index contributed by atoms with van der Waals surface area (Å²) in [5, 5.41) is 9.69. The second kappa shape index (κ2) is 10.1. The number of pyridine rings is 1. The van der Waals surface area contributed by atoms with E-state index in [2.05, 4.69) is 36.9 Å². The number of H-pyrrole nitrogens is 1. The summed E-state index contributed by atoms with van der Waals surface area (Å²) in [6.07, 6.45) is -4.59. The van der Waals surface area contributed by atoms with Gasteiger partial charge in [-0.15, -0.1) is 0 Å². The number of fused-ring (bicyclic) bond motifs is 1. The molecule has 3 heterocycles. The third kappa shape index (κ3) is 5.22. The highest BCUT2D eigenvalue weighted by Gasteiger charge is 2.35. The van der Waals surface area contributed by atoms with Gasteiger partial charge in [0.05, 0.1) is 29.9 Å². The van der Waals surface area contributed by atoms with Crippen LogP contribution < -0.4 is 9.64 Å². The number of piperazine rings is 1. The molecule has 5 rings (SSSR count). The first-order chi connectivity index (χ1) is 17.9. The van der Waals surface area contributed by atoms with Gasteiger partial charge in [-0.3, -0.25) is 4.90 Å². The molecule has 10 heteroatoms. The van der Waals surface area contributed by atoms with Crippen LogP contribution in [0.2, 0.25) is 0 Å². The van der Waals surface area contributed by atoms with E-state index in [0.29, 0.717) is 23.4 Å². The fraction of sp³-hybridized carbons (Fsp3) is 0.296. The molecule has 7 nitrogen and oxygen atoms in total. The van der Waals surface area contributed by atoms with E-state index in [9.17, 15) is 18.4 Å². The van der Waals surface area contributed by atoms with Gasteiger partial charge in [-0.05, 0) is 43.3 Å². The molecule has 1 aliphatic rings. The summed E-state index contributed by atoms with van der Waals surface area (Å²) in [5.41, 5.74) is 1.84. The third-order valence-corrected chi connectivity index (χ3v) is 6.37. The van der Waals surface area contributed by atoms with Gasteiger partial charge in [0.25, 0.3) is 0 Å². The van der Waals surface area contributed by atoms with Crippen molar-refractivity contribution < 1.29 is 17.9 Å². The minimum atomic E-state index is -4.59. The number of aromatic nitrogens is 3. The zero-order chi connectivity index (χ0) is 26.0. The average molecular weight is 507 g/mol. The van der Waals surface area contributed by atoms with Crippen molar-refractivity contribution >= 4 is 16.7 Å².